The lowest BCUT2D eigenvalue weighted by Gasteiger charge is -2.41. The smallest absolute Gasteiger partial charge is 0.174 e. The Hall–Kier alpha value is -1.02. The maximum atomic E-state index is 2.82. The standard InChI is InChI=1S/C19H27NSi/c1-12(2)21(13(3)4)14(5)16-7-6-8-17-18(15-9-10-15)11-20(21)19(16)17/h6-8,11-15H,9-10H2,1-5H3. The van der Waals surface area contributed by atoms with Crippen molar-refractivity contribution in [2.45, 2.75) is 70.0 Å². The Morgan fingerprint density at radius 3 is 2.29 bits per heavy atom. The zero-order valence-electron chi connectivity index (χ0n) is 14.0. The Balaban J connectivity index is 2.07. The molecule has 2 aliphatic rings. The van der Waals surface area contributed by atoms with Crippen molar-refractivity contribution in [3.63, 3.8) is 0 Å². The predicted octanol–water partition coefficient (Wildman–Crippen LogP) is 5.79. The van der Waals surface area contributed by atoms with Gasteiger partial charge in [0.05, 0.1) is 0 Å². The lowest BCUT2D eigenvalue weighted by atomic mass is 10.0. The first-order valence-electron chi connectivity index (χ1n) is 8.63. The Morgan fingerprint density at radius 2 is 1.71 bits per heavy atom. The van der Waals surface area contributed by atoms with E-state index >= 15 is 0 Å². The van der Waals surface area contributed by atoms with Crippen molar-refractivity contribution in [3.8, 4) is 0 Å². The van der Waals surface area contributed by atoms with Crippen molar-refractivity contribution in [1.29, 1.82) is 0 Å². The monoisotopic (exact) mass is 297 g/mol. The Bertz CT molecular complexity index is 698. The fourth-order valence-corrected chi connectivity index (χ4v) is 12.0. The second-order valence-corrected chi connectivity index (χ2v) is 13.3. The van der Waals surface area contributed by atoms with Gasteiger partial charge in [0.25, 0.3) is 0 Å². The summed E-state index contributed by atoms with van der Waals surface area (Å²) in [6, 6.07) is 7.08. The second-order valence-electron chi connectivity index (χ2n) is 7.89. The highest BCUT2D eigenvalue weighted by atomic mass is 28.3. The summed E-state index contributed by atoms with van der Waals surface area (Å²) in [5.41, 5.74) is 7.18. The quantitative estimate of drug-likeness (QED) is 0.632. The van der Waals surface area contributed by atoms with Gasteiger partial charge in [-0.15, -0.1) is 0 Å². The van der Waals surface area contributed by atoms with Crippen molar-refractivity contribution >= 4 is 19.1 Å². The summed E-state index contributed by atoms with van der Waals surface area (Å²) in [6.45, 7) is 12.4. The van der Waals surface area contributed by atoms with E-state index in [4.69, 9.17) is 0 Å². The molecule has 1 aliphatic carbocycles. The van der Waals surface area contributed by atoms with Crippen LogP contribution in [-0.2, 0) is 0 Å². The highest BCUT2D eigenvalue weighted by Gasteiger charge is 2.53. The number of nitrogens with zero attached hydrogens (tertiary/aromatic N) is 1. The summed E-state index contributed by atoms with van der Waals surface area (Å²) in [5, 5.41) is 1.57. The van der Waals surface area contributed by atoms with Gasteiger partial charge in [0.1, 0.15) is 0 Å². The molecule has 112 valence electrons. The van der Waals surface area contributed by atoms with Crippen molar-refractivity contribution in [3.05, 3.63) is 35.5 Å². The molecule has 1 aliphatic heterocycles. The summed E-state index contributed by atoms with van der Waals surface area (Å²) in [4.78, 5) is 0. The van der Waals surface area contributed by atoms with Gasteiger partial charge in [0.15, 0.2) is 8.24 Å². The fourth-order valence-electron chi connectivity index (χ4n) is 5.39. The molecule has 1 aromatic carbocycles. The topological polar surface area (TPSA) is 4.93 Å². The average molecular weight is 298 g/mol. The molecule has 1 aromatic heterocycles. The number of hydrogen-bond acceptors (Lipinski definition) is 0. The van der Waals surface area contributed by atoms with Crippen LogP contribution in [0.5, 0.6) is 0 Å². The second kappa shape index (κ2) is 4.25. The lowest BCUT2D eigenvalue weighted by Crippen LogP contribution is -2.50. The van der Waals surface area contributed by atoms with Crippen LogP contribution >= 0.6 is 0 Å². The molecule has 2 aromatic rings. The van der Waals surface area contributed by atoms with E-state index in [1.807, 2.05) is 0 Å². The third-order valence-corrected chi connectivity index (χ3v) is 12.9. The van der Waals surface area contributed by atoms with Crippen LogP contribution < -0.4 is 0 Å². The van der Waals surface area contributed by atoms with Crippen LogP contribution in [0, 0.1) is 0 Å². The van der Waals surface area contributed by atoms with Crippen molar-refractivity contribution < 1.29 is 0 Å². The fraction of sp³-hybridized carbons (Fsp3) is 0.579. The SMILES string of the molecule is CC(C)[Si]1(C(C)C)C(C)c2cccc3c(C4CC4)cn1c23. The lowest BCUT2D eigenvalue weighted by molar-refractivity contribution is 0.795. The summed E-state index contributed by atoms with van der Waals surface area (Å²) >= 11 is 0. The summed E-state index contributed by atoms with van der Waals surface area (Å²) in [6.07, 6.45) is 5.38. The molecule has 21 heavy (non-hydrogen) atoms. The van der Waals surface area contributed by atoms with Crippen LogP contribution in [0.25, 0.3) is 10.9 Å². The Kier molecular flexibility index (Phi) is 2.76. The Labute approximate surface area is 129 Å². The number of rotatable bonds is 3. The highest BCUT2D eigenvalue weighted by molar-refractivity contribution is 6.84. The molecule has 0 spiro atoms. The third kappa shape index (κ3) is 1.52. The van der Waals surface area contributed by atoms with Gasteiger partial charge < -0.3 is 4.23 Å². The van der Waals surface area contributed by atoms with Gasteiger partial charge in [-0.2, -0.15) is 0 Å². The minimum absolute atomic E-state index is 0.740. The molecule has 0 bridgehead atoms. The van der Waals surface area contributed by atoms with Crippen LogP contribution in [0.15, 0.2) is 24.4 Å². The van der Waals surface area contributed by atoms with Gasteiger partial charge in [-0.05, 0) is 52.7 Å². The molecule has 0 amide bonds. The summed E-state index contributed by atoms with van der Waals surface area (Å²) < 4.78 is 2.82. The van der Waals surface area contributed by atoms with Crippen molar-refractivity contribution in [1.82, 2.24) is 4.23 Å². The van der Waals surface area contributed by atoms with E-state index in [-0.39, 0.29) is 0 Å². The summed E-state index contributed by atoms with van der Waals surface area (Å²) in [5.74, 6) is 0.850. The number of benzene rings is 1. The minimum Gasteiger partial charge on any atom is -0.372 e. The summed E-state index contributed by atoms with van der Waals surface area (Å²) in [7, 11) is -1.58. The zero-order chi connectivity index (χ0) is 14.9. The van der Waals surface area contributed by atoms with Crippen LogP contribution in [0.4, 0.5) is 0 Å². The van der Waals surface area contributed by atoms with E-state index in [1.165, 1.54) is 12.8 Å². The predicted molar refractivity (Wildman–Crippen MR) is 93.7 cm³/mol. The first-order valence-corrected chi connectivity index (χ1v) is 10.8. The van der Waals surface area contributed by atoms with E-state index in [2.05, 4.69) is 63.2 Å². The Morgan fingerprint density at radius 1 is 1.05 bits per heavy atom. The third-order valence-electron chi connectivity index (χ3n) is 6.33. The van der Waals surface area contributed by atoms with Crippen molar-refractivity contribution in [2.24, 2.45) is 0 Å². The largest absolute Gasteiger partial charge is 0.372 e. The molecule has 1 fully saturated rings. The van der Waals surface area contributed by atoms with Crippen LogP contribution in [-0.4, -0.2) is 12.5 Å². The molecular formula is C19H27NSi. The molecule has 2 heteroatoms. The number of para-hydroxylation sites is 1. The molecule has 0 radical (unpaired) electrons. The maximum absolute atomic E-state index is 2.82. The first kappa shape index (κ1) is 13.6. The molecule has 0 saturated heterocycles. The minimum atomic E-state index is -1.58. The average Bonchev–Trinajstić information content (AvgIpc) is 3.15. The van der Waals surface area contributed by atoms with Crippen LogP contribution in [0.3, 0.4) is 0 Å². The van der Waals surface area contributed by atoms with E-state index in [0.717, 1.165) is 22.5 Å². The molecule has 0 N–H and O–H groups in total. The zero-order valence-corrected chi connectivity index (χ0v) is 15.0. The van der Waals surface area contributed by atoms with E-state index in [9.17, 15) is 0 Å². The van der Waals surface area contributed by atoms with Crippen LogP contribution in [0.1, 0.15) is 70.0 Å². The molecule has 1 atom stereocenters. The number of hydrogen-bond donors (Lipinski definition) is 0. The normalized spacial score (nSPS) is 23.7. The van der Waals surface area contributed by atoms with Gasteiger partial charge in [-0.1, -0.05) is 52.8 Å². The van der Waals surface area contributed by atoms with Gasteiger partial charge >= 0.3 is 0 Å². The van der Waals surface area contributed by atoms with Gasteiger partial charge in [-0.3, -0.25) is 0 Å². The van der Waals surface area contributed by atoms with Crippen molar-refractivity contribution in [2.75, 3.05) is 0 Å². The maximum Gasteiger partial charge on any atom is 0.174 e. The van der Waals surface area contributed by atoms with Gasteiger partial charge in [-0.25, -0.2) is 0 Å². The molecule has 4 rings (SSSR count). The molecule has 2 heterocycles. The molecule has 1 nitrogen and oxygen atoms in total. The van der Waals surface area contributed by atoms with Gasteiger partial charge in [0.2, 0.25) is 0 Å². The van der Waals surface area contributed by atoms with Crippen LogP contribution in [0.2, 0.25) is 11.1 Å². The number of aromatic nitrogens is 1. The van der Waals surface area contributed by atoms with E-state index < -0.39 is 8.24 Å². The van der Waals surface area contributed by atoms with Gasteiger partial charge in [0, 0.05) is 10.9 Å². The molecule has 1 unspecified atom stereocenters. The van der Waals surface area contributed by atoms with E-state index in [0.29, 0.717) is 0 Å². The first-order chi connectivity index (χ1) is 9.99. The molecule has 1 saturated carbocycles. The highest BCUT2D eigenvalue weighted by Crippen LogP contribution is 2.54. The molecular weight excluding hydrogens is 270 g/mol. The van der Waals surface area contributed by atoms with E-state index in [1.54, 1.807) is 22.0 Å².